The molecule has 1 unspecified atom stereocenters. The minimum atomic E-state index is -0.478. The number of rotatable bonds is 4. The number of aromatic amines is 1. The fraction of sp³-hybridized carbons (Fsp3) is 0.545. The summed E-state index contributed by atoms with van der Waals surface area (Å²) in [5, 5.41) is 17.7. The molecule has 0 spiro atoms. The van der Waals surface area contributed by atoms with Gasteiger partial charge in [-0.2, -0.15) is 0 Å². The van der Waals surface area contributed by atoms with Gasteiger partial charge in [-0.3, -0.25) is 5.41 Å². The number of hydrogen-bond donors (Lipinski definition) is 3. The van der Waals surface area contributed by atoms with E-state index in [1.807, 2.05) is 21.1 Å². The van der Waals surface area contributed by atoms with Crippen LogP contribution in [0.1, 0.15) is 0 Å². The van der Waals surface area contributed by atoms with E-state index in [0.29, 0.717) is 28.7 Å². The average Bonchev–Trinajstić information content (AvgIpc) is 2.69. The number of H-pyrrole nitrogens is 1. The van der Waals surface area contributed by atoms with Gasteiger partial charge in [0.1, 0.15) is 18.2 Å². The Morgan fingerprint density at radius 3 is 2.74 bits per heavy atom. The van der Waals surface area contributed by atoms with Gasteiger partial charge in [0, 0.05) is 0 Å². The van der Waals surface area contributed by atoms with Crippen molar-refractivity contribution in [3.05, 3.63) is 18.1 Å². The topological polar surface area (TPSA) is 90.6 Å². The quantitative estimate of drug-likeness (QED) is 0.506. The molecule has 0 aliphatic rings. The predicted molar refractivity (Wildman–Crippen MR) is 66.6 cm³/mol. The monoisotopic (exact) mass is 286 g/mol. The smallest absolute Gasteiger partial charge is 0.173 e. The van der Waals surface area contributed by atoms with Crippen LogP contribution in [0.5, 0.6) is 0 Å². The molecule has 0 fully saturated rings. The summed E-state index contributed by atoms with van der Waals surface area (Å²) in [7, 11) is 6.09. The second-order valence-electron chi connectivity index (χ2n) is 5.47. The lowest BCUT2D eigenvalue weighted by molar-refractivity contribution is -0.873. The molecule has 0 aliphatic heterocycles. The van der Waals surface area contributed by atoms with Crippen LogP contribution >= 0.6 is 0 Å². The molecule has 106 valence electrons. The number of nitrogens with one attached hydrogen (secondary N) is 2. The van der Waals surface area contributed by atoms with Gasteiger partial charge in [-0.1, -0.05) is 0 Å². The number of fused-ring (bicyclic) bond motifs is 1. The second kappa shape index (κ2) is 5.68. The molecule has 0 saturated heterocycles. The van der Waals surface area contributed by atoms with E-state index < -0.39 is 6.10 Å². The van der Waals surface area contributed by atoms with Gasteiger partial charge in [0.2, 0.25) is 0 Å². The van der Waals surface area contributed by atoms with E-state index in [4.69, 9.17) is 5.41 Å². The number of likely N-dealkylation sites (N-methyl/N-ethyl adjacent to an activating group) is 1. The lowest BCUT2D eigenvalue weighted by Crippen LogP contribution is -3.00. The summed E-state index contributed by atoms with van der Waals surface area (Å²) >= 11 is 0. The normalized spacial score (nSPS) is 13.3. The van der Waals surface area contributed by atoms with Gasteiger partial charge in [0.25, 0.3) is 0 Å². The molecule has 0 saturated carbocycles. The molecule has 2 heterocycles. The van der Waals surface area contributed by atoms with E-state index in [0.717, 1.165) is 0 Å². The standard InChI is InChI=1S/C11H19N6O.ClH/c1-17(2,3)5-8(18)4-16-7-15-10(12)9-11(16)14-6-13-9;/h6-8,12,18H,4-5H2,1-3H3,(H,13,14);1H/q+1;/p-1. The molecule has 8 heteroatoms. The summed E-state index contributed by atoms with van der Waals surface area (Å²) < 4.78 is 2.46. The van der Waals surface area contributed by atoms with Crippen molar-refractivity contribution in [1.29, 1.82) is 5.41 Å². The van der Waals surface area contributed by atoms with Crippen molar-refractivity contribution < 1.29 is 22.0 Å². The number of nitrogens with zero attached hydrogens (tertiary/aromatic N) is 4. The summed E-state index contributed by atoms with van der Waals surface area (Å²) in [6.07, 6.45) is 2.60. The number of imidazole rings is 1. The van der Waals surface area contributed by atoms with E-state index in [9.17, 15) is 5.11 Å². The Bertz CT molecular complexity index is 599. The zero-order valence-corrected chi connectivity index (χ0v) is 12.0. The van der Waals surface area contributed by atoms with Crippen LogP contribution < -0.4 is 17.9 Å². The van der Waals surface area contributed by atoms with E-state index in [-0.39, 0.29) is 17.9 Å². The predicted octanol–water partition coefficient (Wildman–Crippen LogP) is -3.69. The number of hydrogen-bond acceptors (Lipinski definition) is 4. The maximum absolute atomic E-state index is 10.1. The third-order valence-corrected chi connectivity index (χ3v) is 2.62. The molecular formula is C11H19ClN6O. The van der Waals surface area contributed by atoms with Gasteiger partial charge in [0.05, 0.1) is 40.3 Å². The van der Waals surface area contributed by atoms with E-state index in [1.54, 1.807) is 10.9 Å². The van der Waals surface area contributed by atoms with Gasteiger partial charge >= 0.3 is 0 Å². The summed E-state index contributed by atoms with van der Waals surface area (Å²) in [4.78, 5) is 11.0. The summed E-state index contributed by atoms with van der Waals surface area (Å²) in [6.45, 7) is 1.06. The van der Waals surface area contributed by atoms with Gasteiger partial charge in [-0.25, -0.2) is 9.97 Å². The number of aliphatic hydroxyl groups is 1. The minimum absolute atomic E-state index is 0. The van der Waals surface area contributed by atoms with Crippen molar-refractivity contribution >= 4 is 11.2 Å². The fourth-order valence-electron chi connectivity index (χ4n) is 1.98. The van der Waals surface area contributed by atoms with Gasteiger partial charge in [0.15, 0.2) is 11.1 Å². The molecule has 19 heavy (non-hydrogen) atoms. The van der Waals surface area contributed by atoms with Crippen LogP contribution in [0.2, 0.25) is 0 Å². The van der Waals surface area contributed by atoms with Crippen molar-refractivity contribution in [2.45, 2.75) is 12.6 Å². The number of aromatic nitrogens is 4. The van der Waals surface area contributed by atoms with E-state index in [2.05, 4.69) is 15.0 Å². The maximum Gasteiger partial charge on any atom is 0.173 e. The Kier molecular flexibility index (Phi) is 4.67. The molecule has 0 radical (unpaired) electrons. The molecule has 2 aromatic heterocycles. The van der Waals surface area contributed by atoms with Crippen LogP contribution in [-0.4, -0.2) is 62.9 Å². The van der Waals surface area contributed by atoms with Crippen molar-refractivity contribution in [2.24, 2.45) is 0 Å². The van der Waals surface area contributed by atoms with Crippen LogP contribution in [0.15, 0.2) is 12.7 Å². The average molecular weight is 287 g/mol. The molecule has 2 rings (SSSR count). The molecule has 3 N–H and O–H groups in total. The highest BCUT2D eigenvalue weighted by Crippen LogP contribution is 2.05. The zero-order chi connectivity index (χ0) is 13.3. The molecule has 1 atom stereocenters. The first kappa shape index (κ1) is 15.6. The SMILES string of the molecule is C[N+](C)(C)CC(O)Cn1cnc(=N)c2[nH]cnc21.[Cl-]. The Morgan fingerprint density at radius 1 is 1.42 bits per heavy atom. The van der Waals surface area contributed by atoms with Crippen LogP contribution in [0.3, 0.4) is 0 Å². The van der Waals surface area contributed by atoms with Gasteiger partial charge in [-0.05, 0) is 0 Å². The highest BCUT2D eigenvalue weighted by molar-refractivity contribution is 5.68. The minimum Gasteiger partial charge on any atom is -1.00 e. The highest BCUT2D eigenvalue weighted by Gasteiger charge is 2.17. The molecule has 0 aliphatic carbocycles. The lowest BCUT2D eigenvalue weighted by atomic mass is 10.3. The number of halogens is 1. The van der Waals surface area contributed by atoms with Gasteiger partial charge in [-0.15, -0.1) is 0 Å². The lowest BCUT2D eigenvalue weighted by Gasteiger charge is -2.27. The third kappa shape index (κ3) is 3.76. The molecule has 2 aromatic rings. The van der Waals surface area contributed by atoms with Crippen molar-refractivity contribution in [3.8, 4) is 0 Å². The fourth-order valence-corrected chi connectivity index (χ4v) is 1.98. The van der Waals surface area contributed by atoms with E-state index >= 15 is 0 Å². The first-order chi connectivity index (χ1) is 8.37. The Balaban J connectivity index is 0.00000180. The number of quaternary nitrogens is 1. The first-order valence-corrected chi connectivity index (χ1v) is 5.78. The van der Waals surface area contributed by atoms with Crippen LogP contribution in [0.25, 0.3) is 11.2 Å². The van der Waals surface area contributed by atoms with Crippen molar-refractivity contribution in [1.82, 2.24) is 19.5 Å². The molecule has 0 bridgehead atoms. The largest absolute Gasteiger partial charge is 1.00 e. The zero-order valence-electron chi connectivity index (χ0n) is 11.3. The van der Waals surface area contributed by atoms with Gasteiger partial charge < -0.3 is 31.5 Å². The summed E-state index contributed by atoms with van der Waals surface area (Å²) in [5.74, 6) is 0. The molecule has 0 amide bonds. The van der Waals surface area contributed by atoms with Crippen molar-refractivity contribution in [2.75, 3.05) is 27.7 Å². The second-order valence-corrected chi connectivity index (χ2v) is 5.47. The highest BCUT2D eigenvalue weighted by atomic mass is 35.5. The summed E-state index contributed by atoms with van der Waals surface area (Å²) in [5.41, 5.74) is 1.41. The number of aliphatic hydroxyl groups excluding tert-OH is 1. The molecule has 7 nitrogen and oxygen atoms in total. The Morgan fingerprint density at radius 2 is 2.11 bits per heavy atom. The molecule has 0 aromatic carbocycles. The van der Waals surface area contributed by atoms with Crippen LogP contribution in [-0.2, 0) is 6.54 Å². The van der Waals surface area contributed by atoms with Crippen LogP contribution in [0, 0.1) is 5.41 Å². The Hall–Kier alpha value is -1.44. The third-order valence-electron chi connectivity index (χ3n) is 2.62. The first-order valence-electron chi connectivity index (χ1n) is 5.78. The van der Waals surface area contributed by atoms with Crippen molar-refractivity contribution in [3.63, 3.8) is 0 Å². The van der Waals surface area contributed by atoms with E-state index in [1.165, 1.54) is 6.33 Å². The summed E-state index contributed by atoms with van der Waals surface area (Å²) in [6, 6.07) is 0. The Labute approximate surface area is 117 Å². The molecular weight excluding hydrogens is 268 g/mol. The van der Waals surface area contributed by atoms with Crippen LogP contribution in [0.4, 0.5) is 0 Å². The maximum atomic E-state index is 10.1.